The average molecular weight is 394 g/mol. The summed E-state index contributed by atoms with van der Waals surface area (Å²) in [6.07, 6.45) is 1.26. The van der Waals surface area contributed by atoms with Gasteiger partial charge in [-0.2, -0.15) is 0 Å². The number of nitrogens with zero attached hydrogens (tertiary/aromatic N) is 2. The number of amides is 4. The van der Waals surface area contributed by atoms with E-state index in [1.54, 1.807) is 11.8 Å². The number of hydrogen-bond donors (Lipinski definition) is 1. The van der Waals surface area contributed by atoms with Crippen molar-refractivity contribution in [2.75, 3.05) is 11.4 Å². The molecule has 0 aromatic heterocycles. The van der Waals surface area contributed by atoms with Crippen LogP contribution in [0.15, 0.2) is 16.6 Å². The summed E-state index contributed by atoms with van der Waals surface area (Å²) in [5.41, 5.74) is 2.84. The summed E-state index contributed by atoms with van der Waals surface area (Å²) >= 11 is 3.47. The van der Waals surface area contributed by atoms with Gasteiger partial charge in [0.05, 0.1) is 0 Å². The Kier molecular flexibility index (Phi) is 4.38. The summed E-state index contributed by atoms with van der Waals surface area (Å²) in [6.45, 7) is 6.14. The third kappa shape index (κ3) is 2.70. The Balaban J connectivity index is 1.94. The molecule has 1 unspecified atom stereocenters. The fourth-order valence-electron chi connectivity index (χ4n) is 3.57. The second-order valence-corrected chi connectivity index (χ2v) is 7.33. The predicted molar refractivity (Wildman–Crippen MR) is 93.8 cm³/mol. The third-order valence-electron chi connectivity index (χ3n) is 4.61. The molecule has 2 aliphatic rings. The lowest BCUT2D eigenvalue weighted by Gasteiger charge is -2.36. The fourth-order valence-corrected chi connectivity index (χ4v) is 4.25. The Morgan fingerprint density at radius 3 is 2.29 bits per heavy atom. The summed E-state index contributed by atoms with van der Waals surface area (Å²) in [7, 11) is 0. The Morgan fingerprint density at radius 2 is 1.75 bits per heavy atom. The second kappa shape index (κ2) is 6.20. The van der Waals surface area contributed by atoms with Crippen molar-refractivity contribution in [2.45, 2.75) is 45.7 Å². The van der Waals surface area contributed by atoms with Crippen molar-refractivity contribution in [3.63, 3.8) is 0 Å². The van der Waals surface area contributed by atoms with E-state index in [2.05, 4.69) is 21.2 Å². The van der Waals surface area contributed by atoms with Crippen molar-refractivity contribution < 1.29 is 14.4 Å². The fraction of sp³-hybridized carbons (Fsp3) is 0.471. The first-order valence-electron chi connectivity index (χ1n) is 8.03. The van der Waals surface area contributed by atoms with Gasteiger partial charge >= 0.3 is 6.03 Å². The molecule has 1 aromatic rings. The van der Waals surface area contributed by atoms with E-state index in [1.807, 2.05) is 26.0 Å². The quantitative estimate of drug-likeness (QED) is 0.784. The maximum absolute atomic E-state index is 13.0. The second-order valence-electron chi connectivity index (χ2n) is 6.42. The number of anilines is 1. The first-order chi connectivity index (χ1) is 11.3. The molecule has 1 aromatic carbocycles. The molecule has 1 N–H and O–H groups in total. The molecular weight excluding hydrogens is 374 g/mol. The number of urea groups is 1. The highest BCUT2D eigenvalue weighted by Gasteiger charge is 2.45. The smallest absolute Gasteiger partial charge is 0.325 e. The van der Waals surface area contributed by atoms with Crippen molar-refractivity contribution in [1.82, 2.24) is 10.2 Å². The lowest BCUT2D eigenvalue weighted by molar-refractivity contribution is -0.135. The minimum absolute atomic E-state index is 0.188. The number of carbonyl (C=O) groups excluding carboxylic acids is 3. The van der Waals surface area contributed by atoms with E-state index in [9.17, 15) is 14.4 Å². The zero-order valence-corrected chi connectivity index (χ0v) is 15.5. The molecule has 0 radical (unpaired) electrons. The molecule has 2 atom stereocenters. The highest BCUT2D eigenvalue weighted by molar-refractivity contribution is 9.10. The van der Waals surface area contributed by atoms with Crippen LogP contribution in [0.3, 0.4) is 0 Å². The van der Waals surface area contributed by atoms with Gasteiger partial charge in [-0.15, -0.1) is 0 Å². The van der Waals surface area contributed by atoms with E-state index in [0.717, 1.165) is 32.6 Å². The van der Waals surface area contributed by atoms with Crippen LogP contribution in [0.4, 0.5) is 10.5 Å². The molecule has 0 aliphatic carbocycles. The highest BCUT2D eigenvalue weighted by atomic mass is 79.9. The van der Waals surface area contributed by atoms with Crippen molar-refractivity contribution >= 4 is 39.5 Å². The predicted octanol–water partition coefficient (Wildman–Crippen LogP) is 2.50. The van der Waals surface area contributed by atoms with E-state index in [0.29, 0.717) is 13.0 Å². The highest BCUT2D eigenvalue weighted by Crippen LogP contribution is 2.32. The van der Waals surface area contributed by atoms with Crippen molar-refractivity contribution in [3.8, 4) is 0 Å². The zero-order valence-electron chi connectivity index (χ0n) is 13.9. The van der Waals surface area contributed by atoms with Crippen molar-refractivity contribution in [2.24, 2.45) is 0 Å². The van der Waals surface area contributed by atoms with Gasteiger partial charge in [-0.25, -0.2) is 9.69 Å². The molecule has 128 valence electrons. The summed E-state index contributed by atoms with van der Waals surface area (Å²) in [6, 6.07) is 2.16. The van der Waals surface area contributed by atoms with E-state index >= 15 is 0 Å². The molecule has 2 fully saturated rings. The minimum Gasteiger partial charge on any atom is -0.326 e. The van der Waals surface area contributed by atoms with Gasteiger partial charge in [0.2, 0.25) is 5.91 Å². The van der Waals surface area contributed by atoms with Gasteiger partial charge in [0.15, 0.2) is 0 Å². The average Bonchev–Trinajstić information content (AvgIpc) is 2.73. The number of piperidine rings is 1. The molecule has 3 rings (SSSR count). The van der Waals surface area contributed by atoms with Gasteiger partial charge in [0, 0.05) is 16.7 Å². The Bertz CT molecular complexity index is 711. The largest absolute Gasteiger partial charge is 0.326 e. The Hall–Kier alpha value is -1.89. The molecule has 24 heavy (non-hydrogen) atoms. The summed E-state index contributed by atoms with van der Waals surface area (Å²) in [4.78, 5) is 40.2. The maximum atomic E-state index is 13.0. The number of imide groups is 1. The van der Waals surface area contributed by atoms with Gasteiger partial charge in [-0.1, -0.05) is 15.9 Å². The van der Waals surface area contributed by atoms with Crippen LogP contribution >= 0.6 is 15.9 Å². The topological polar surface area (TPSA) is 69.7 Å². The van der Waals surface area contributed by atoms with Crippen molar-refractivity contribution in [3.05, 3.63) is 27.7 Å². The third-order valence-corrected chi connectivity index (χ3v) is 5.07. The summed E-state index contributed by atoms with van der Waals surface area (Å²) in [5.74, 6) is -0.517. The van der Waals surface area contributed by atoms with Gasteiger partial charge in [0.1, 0.15) is 12.1 Å². The monoisotopic (exact) mass is 393 g/mol. The van der Waals surface area contributed by atoms with Gasteiger partial charge in [0.25, 0.3) is 5.91 Å². The number of benzene rings is 1. The molecule has 2 saturated heterocycles. The number of hydrogen-bond acceptors (Lipinski definition) is 3. The van der Waals surface area contributed by atoms with Crippen LogP contribution in [0, 0.1) is 13.8 Å². The molecule has 7 heteroatoms. The molecule has 0 saturated carbocycles. The van der Waals surface area contributed by atoms with Crippen molar-refractivity contribution in [1.29, 1.82) is 0 Å². The molecule has 6 nitrogen and oxygen atoms in total. The zero-order chi connectivity index (χ0) is 17.6. The Labute approximate surface area is 149 Å². The van der Waals surface area contributed by atoms with E-state index in [4.69, 9.17) is 0 Å². The molecular formula is C17H20BrN3O3. The van der Waals surface area contributed by atoms with Gasteiger partial charge in [-0.3, -0.25) is 9.59 Å². The number of nitrogens with one attached hydrogen (secondary N) is 1. The number of halogens is 1. The number of carbonyl (C=O) groups is 3. The van der Waals surface area contributed by atoms with Crippen LogP contribution in [-0.2, 0) is 9.59 Å². The summed E-state index contributed by atoms with van der Waals surface area (Å²) < 4.78 is 0.963. The van der Waals surface area contributed by atoms with Crippen LogP contribution in [0.25, 0.3) is 0 Å². The lowest BCUT2D eigenvalue weighted by atomic mass is 9.99. The van der Waals surface area contributed by atoms with Crippen LogP contribution in [0.5, 0.6) is 0 Å². The lowest BCUT2D eigenvalue weighted by Crippen LogP contribution is -2.55. The molecule has 0 spiro atoms. The molecule has 0 bridgehead atoms. The number of rotatable bonds is 2. The first kappa shape index (κ1) is 17.0. The number of aryl methyl sites for hydroxylation is 2. The van der Waals surface area contributed by atoms with Crippen LogP contribution in [0.1, 0.15) is 30.9 Å². The maximum Gasteiger partial charge on any atom is 0.325 e. The molecule has 2 aliphatic heterocycles. The normalized spacial score (nSPS) is 24.6. The Morgan fingerprint density at radius 1 is 1.12 bits per heavy atom. The van der Waals surface area contributed by atoms with Crippen LogP contribution in [-0.4, -0.2) is 41.4 Å². The van der Waals surface area contributed by atoms with Gasteiger partial charge in [-0.05, 0) is 56.9 Å². The minimum atomic E-state index is -0.723. The SMILES string of the molecule is Cc1cc(Br)cc(C)c1N1CCCC(N2C(=O)N[C@H](C)C2=O)C1=O. The molecule has 2 heterocycles. The summed E-state index contributed by atoms with van der Waals surface area (Å²) in [5, 5.41) is 2.58. The van der Waals surface area contributed by atoms with Crippen LogP contribution < -0.4 is 10.2 Å². The standard InChI is InChI=1S/C17H20BrN3O3/c1-9-7-12(18)8-10(2)14(9)20-6-4-5-13(16(20)23)21-15(22)11(3)19-17(21)24/h7-8,11,13H,4-6H2,1-3H3,(H,19,24)/t11-,13?/m1/s1. The van der Waals surface area contributed by atoms with E-state index in [-0.39, 0.29) is 11.8 Å². The van der Waals surface area contributed by atoms with Gasteiger partial charge < -0.3 is 10.2 Å². The first-order valence-corrected chi connectivity index (χ1v) is 8.82. The van der Waals surface area contributed by atoms with Crippen LogP contribution in [0.2, 0.25) is 0 Å². The van der Waals surface area contributed by atoms with E-state index in [1.165, 1.54) is 0 Å². The van der Waals surface area contributed by atoms with E-state index < -0.39 is 18.1 Å². The molecule has 4 amide bonds.